The van der Waals surface area contributed by atoms with E-state index in [-0.39, 0.29) is 57.3 Å². The molecule has 0 aliphatic carbocycles. The number of ether oxygens (including phenoxy) is 4. The monoisotopic (exact) mass is 700 g/mol. The Balaban J connectivity index is 1.11. The highest BCUT2D eigenvalue weighted by atomic mass is 16.6. The van der Waals surface area contributed by atoms with Gasteiger partial charge < -0.3 is 39.6 Å². The van der Waals surface area contributed by atoms with Gasteiger partial charge in [0, 0.05) is 25.3 Å². The van der Waals surface area contributed by atoms with Gasteiger partial charge in [-0.3, -0.25) is 9.59 Å². The van der Waals surface area contributed by atoms with E-state index >= 15 is 0 Å². The highest BCUT2D eigenvalue weighted by Crippen LogP contribution is 2.26. The Labute approximate surface area is 299 Å². The topological polar surface area (TPSA) is 159 Å². The van der Waals surface area contributed by atoms with Crippen LogP contribution in [0.3, 0.4) is 0 Å². The molecule has 1 aliphatic rings. The molecular formula is C39H48N4O8. The van der Waals surface area contributed by atoms with Crippen LogP contribution in [-0.4, -0.2) is 81.3 Å². The van der Waals surface area contributed by atoms with Crippen LogP contribution in [0.1, 0.15) is 63.6 Å². The molecule has 0 bridgehead atoms. The molecule has 1 atom stereocenters. The van der Waals surface area contributed by atoms with Crippen molar-refractivity contribution in [1.29, 1.82) is 5.26 Å². The Kier molecular flexibility index (Phi) is 14.7. The molecule has 3 N–H and O–H groups in total. The number of hydrogen-bond acceptors (Lipinski definition) is 10. The summed E-state index contributed by atoms with van der Waals surface area (Å²) in [6.45, 7) is 8.45. The molecule has 51 heavy (non-hydrogen) atoms. The van der Waals surface area contributed by atoms with Crippen LogP contribution in [0.4, 0.5) is 10.5 Å². The van der Waals surface area contributed by atoms with E-state index in [0.29, 0.717) is 5.56 Å². The highest BCUT2D eigenvalue weighted by Gasteiger charge is 2.23. The van der Waals surface area contributed by atoms with Gasteiger partial charge in [0.2, 0.25) is 0 Å². The Morgan fingerprint density at radius 3 is 2.27 bits per heavy atom. The van der Waals surface area contributed by atoms with Gasteiger partial charge in [0.25, 0.3) is 5.91 Å². The van der Waals surface area contributed by atoms with Crippen molar-refractivity contribution >= 4 is 40.5 Å². The van der Waals surface area contributed by atoms with E-state index in [2.05, 4.69) is 33.7 Å². The maximum Gasteiger partial charge on any atom is 0.408 e. The summed E-state index contributed by atoms with van der Waals surface area (Å²) in [5, 5.41) is 26.8. The molecule has 12 nitrogen and oxygen atoms in total. The number of phenols is 1. The number of nitrogens with zero attached hydrogens (tertiary/aromatic N) is 2. The molecule has 0 aromatic heterocycles. The second kappa shape index (κ2) is 19.3. The average molecular weight is 701 g/mol. The van der Waals surface area contributed by atoms with Crippen molar-refractivity contribution in [3.05, 3.63) is 77.4 Å². The summed E-state index contributed by atoms with van der Waals surface area (Å²) in [5.74, 6) is -0.968. The fraction of sp³-hybridized carbons (Fsp3) is 0.436. The lowest BCUT2D eigenvalue weighted by atomic mass is 10.0. The van der Waals surface area contributed by atoms with E-state index in [0.717, 1.165) is 29.4 Å². The van der Waals surface area contributed by atoms with E-state index in [9.17, 15) is 24.8 Å². The second-order valence-electron chi connectivity index (χ2n) is 13.2. The first-order valence-electron chi connectivity index (χ1n) is 17.3. The molecule has 3 aromatic rings. The van der Waals surface area contributed by atoms with E-state index in [1.807, 2.05) is 24.3 Å². The van der Waals surface area contributed by atoms with Gasteiger partial charge in [-0.15, -0.1) is 0 Å². The number of fused-ring (bicyclic) bond motifs is 1. The SMILES string of the molecule is CC(C)(C)OC(=O)N[C@H](CC(=O)OCCOCCOCCNC(=O)/C(C#N)=C/c1ccc2cc(N3CCCCC3)ccc2c1)c1ccc(O)cc1. The predicted octanol–water partition coefficient (Wildman–Crippen LogP) is 5.79. The number of aromatic hydroxyl groups is 1. The molecule has 1 heterocycles. The normalized spacial score (nSPS) is 14.0. The lowest BCUT2D eigenvalue weighted by Crippen LogP contribution is -2.36. The number of hydrogen-bond donors (Lipinski definition) is 3. The summed E-state index contributed by atoms with van der Waals surface area (Å²) in [6, 6.07) is 19.7. The maximum absolute atomic E-state index is 12.6. The number of amides is 2. The lowest BCUT2D eigenvalue weighted by Gasteiger charge is -2.29. The molecule has 1 aliphatic heterocycles. The van der Waals surface area contributed by atoms with Crippen molar-refractivity contribution < 1.29 is 38.4 Å². The van der Waals surface area contributed by atoms with Gasteiger partial charge in [0.05, 0.1) is 38.9 Å². The predicted molar refractivity (Wildman–Crippen MR) is 194 cm³/mol. The third-order valence-corrected chi connectivity index (χ3v) is 8.00. The smallest absolute Gasteiger partial charge is 0.408 e. The van der Waals surface area contributed by atoms with Crippen molar-refractivity contribution in [1.82, 2.24) is 10.6 Å². The first kappa shape index (κ1) is 38.7. The molecule has 272 valence electrons. The van der Waals surface area contributed by atoms with Crippen LogP contribution in [0, 0.1) is 11.3 Å². The molecule has 0 spiro atoms. The molecule has 12 heteroatoms. The van der Waals surface area contributed by atoms with Crippen molar-refractivity contribution in [2.75, 3.05) is 57.6 Å². The van der Waals surface area contributed by atoms with Crippen LogP contribution in [0.15, 0.2) is 66.2 Å². The number of nitrogens with one attached hydrogen (secondary N) is 2. The summed E-state index contributed by atoms with van der Waals surface area (Å²) >= 11 is 0. The number of carbonyl (C=O) groups excluding carboxylic acids is 3. The number of carbonyl (C=O) groups is 3. The number of benzene rings is 3. The van der Waals surface area contributed by atoms with Crippen LogP contribution in [0.5, 0.6) is 5.75 Å². The van der Waals surface area contributed by atoms with E-state index in [1.54, 1.807) is 39.0 Å². The largest absolute Gasteiger partial charge is 0.508 e. The van der Waals surface area contributed by atoms with Crippen molar-refractivity contribution in [3.8, 4) is 11.8 Å². The summed E-state index contributed by atoms with van der Waals surface area (Å²) in [7, 11) is 0. The Bertz CT molecular complexity index is 1690. The first-order valence-corrected chi connectivity index (χ1v) is 17.3. The molecule has 1 saturated heterocycles. The molecular weight excluding hydrogens is 652 g/mol. The van der Waals surface area contributed by atoms with Crippen LogP contribution >= 0.6 is 0 Å². The third kappa shape index (κ3) is 13.3. The van der Waals surface area contributed by atoms with Crippen LogP contribution in [0.25, 0.3) is 16.8 Å². The zero-order valence-corrected chi connectivity index (χ0v) is 29.6. The molecule has 3 aromatic carbocycles. The Morgan fingerprint density at radius 1 is 0.902 bits per heavy atom. The van der Waals surface area contributed by atoms with E-state index in [4.69, 9.17) is 18.9 Å². The fourth-order valence-electron chi connectivity index (χ4n) is 5.51. The van der Waals surface area contributed by atoms with Crippen LogP contribution in [0.2, 0.25) is 0 Å². The fourth-order valence-corrected chi connectivity index (χ4v) is 5.51. The van der Waals surface area contributed by atoms with Gasteiger partial charge in [0.15, 0.2) is 0 Å². The maximum atomic E-state index is 12.6. The summed E-state index contributed by atoms with van der Waals surface area (Å²) in [6.07, 6.45) is 4.47. The van der Waals surface area contributed by atoms with Crippen LogP contribution in [-0.2, 0) is 28.5 Å². The lowest BCUT2D eigenvalue weighted by molar-refractivity contribution is -0.146. The molecule has 4 rings (SSSR count). The second-order valence-corrected chi connectivity index (χ2v) is 13.2. The van der Waals surface area contributed by atoms with Crippen molar-refractivity contribution in [3.63, 3.8) is 0 Å². The minimum Gasteiger partial charge on any atom is -0.508 e. The zero-order valence-electron chi connectivity index (χ0n) is 29.6. The summed E-state index contributed by atoms with van der Waals surface area (Å²) in [4.78, 5) is 39.9. The van der Waals surface area contributed by atoms with Gasteiger partial charge in [-0.2, -0.15) is 5.26 Å². The number of nitriles is 1. The number of esters is 1. The van der Waals surface area contributed by atoms with Gasteiger partial charge in [-0.1, -0.05) is 30.3 Å². The first-order chi connectivity index (χ1) is 24.5. The number of phenolic OH excluding ortho intramolecular Hbond substituents is 1. The minimum absolute atomic E-state index is 0.00372. The third-order valence-electron chi connectivity index (χ3n) is 8.00. The average Bonchev–Trinajstić information content (AvgIpc) is 3.10. The summed E-state index contributed by atoms with van der Waals surface area (Å²) in [5.41, 5.74) is 1.89. The van der Waals surface area contributed by atoms with Gasteiger partial charge in [0.1, 0.15) is 29.6 Å². The quantitative estimate of drug-likeness (QED) is 0.0723. The van der Waals surface area contributed by atoms with E-state index in [1.165, 1.54) is 37.1 Å². The zero-order chi connectivity index (χ0) is 36.6. The van der Waals surface area contributed by atoms with Crippen LogP contribution < -0.4 is 15.5 Å². The van der Waals surface area contributed by atoms with Gasteiger partial charge in [-0.05, 0) is 98.3 Å². The Hall–Kier alpha value is -5.12. The highest BCUT2D eigenvalue weighted by molar-refractivity contribution is 6.02. The molecule has 0 unspecified atom stereocenters. The molecule has 0 radical (unpaired) electrons. The van der Waals surface area contributed by atoms with Gasteiger partial charge >= 0.3 is 12.1 Å². The number of anilines is 1. The van der Waals surface area contributed by atoms with E-state index < -0.39 is 29.6 Å². The number of piperidine rings is 1. The number of alkyl carbamates (subject to hydrolysis) is 1. The summed E-state index contributed by atoms with van der Waals surface area (Å²) < 4.78 is 21.5. The van der Waals surface area contributed by atoms with Gasteiger partial charge in [-0.25, -0.2) is 4.79 Å². The molecule has 1 fully saturated rings. The molecule has 0 saturated carbocycles. The molecule has 2 amide bonds. The number of rotatable bonds is 16. The Morgan fingerprint density at radius 2 is 1.57 bits per heavy atom. The standard InChI is InChI=1S/C39H48N4O8/c1-39(2,3)51-38(47)42-35(29-10-13-34(44)14-11-29)26-36(45)50-22-21-49-20-19-48-18-15-41-37(46)32(27-40)24-28-7-8-31-25-33(12-9-30(31)23-28)43-16-5-4-6-17-43/h7-14,23-25,35,44H,4-6,15-22,26H2,1-3H3,(H,41,46)(H,42,47)/b32-24+/t35-/m1/s1. The van der Waals surface area contributed by atoms with Crippen molar-refractivity contribution in [2.24, 2.45) is 0 Å². The minimum atomic E-state index is -0.723. The van der Waals surface area contributed by atoms with Crippen molar-refractivity contribution in [2.45, 2.75) is 58.1 Å².